The zero-order valence-electron chi connectivity index (χ0n) is 17.2. The topological polar surface area (TPSA) is 53.5 Å². The molecule has 0 aliphatic rings. The second kappa shape index (κ2) is 10.9. The lowest BCUT2D eigenvalue weighted by Crippen LogP contribution is -2.38. The van der Waals surface area contributed by atoms with Crippen molar-refractivity contribution in [1.29, 1.82) is 0 Å². The number of fused-ring (bicyclic) bond motifs is 1. The van der Waals surface area contributed by atoms with Gasteiger partial charge >= 0.3 is 0 Å². The number of anilines is 1. The SMILES string of the molecule is CCN(CC)CCN(C(=O)c1ccc(C(C)=O)cc1)c1nc2c(Cl)cccc2s1.Cl. The number of hydrogen-bond acceptors (Lipinski definition) is 5. The van der Waals surface area contributed by atoms with Crippen molar-refractivity contribution in [3.63, 3.8) is 0 Å². The summed E-state index contributed by atoms with van der Waals surface area (Å²) in [4.78, 5) is 33.5. The summed E-state index contributed by atoms with van der Waals surface area (Å²) in [6.45, 7) is 8.81. The standard InChI is InChI=1S/C22H24ClN3O2S.ClH/c1-4-25(5-2)13-14-26(21(28)17-11-9-16(10-12-17)15(3)27)22-24-20-18(23)7-6-8-19(20)29-22;/h6-12H,4-5,13-14H2,1-3H3;1H. The first-order chi connectivity index (χ1) is 13.9. The van der Waals surface area contributed by atoms with Crippen molar-refractivity contribution in [2.24, 2.45) is 0 Å². The van der Waals surface area contributed by atoms with Crippen molar-refractivity contribution in [3.8, 4) is 0 Å². The van der Waals surface area contributed by atoms with Gasteiger partial charge in [-0.25, -0.2) is 4.98 Å². The molecule has 0 bridgehead atoms. The molecular weight excluding hydrogens is 441 g/mol. The van der Waals surface area contributed by atoms with Crippen LogP contribution in [0, 0.1) is 0 Å². The number of nitrogens with zero attached hydrogens (tertiary/aromatic N) is 3. The van der Waals surface area contributed by atoms with E-state index in [0.29, 0.717) is 33.3 Å². The van der Waals surface area contributed by atoms with Gasteiger partial charge in [0.2, 0.25) is 0 Å². The van der Waals surface area contributed by atoms with Crippen molar-refractivity contribution >= 4 is 62.4 Å². The number of rotatable bonds is 8. The third-order valence-electron chi connectivity index (χ3n) is 4.91. The fourth-order valence-corrected chi connectivity index (χ4v) is 4.38. The Kier molecular flexibility index (Phi) is 8.79. The highest BCUT2D eigenvalue weighted by Crippen LogP contribution is 2.33. The highest BCUT2D eigenvalue weighted by molar-refractivity contribution is 7.22. The number of ketones is 1. The summed E-state index contributed by atoms with van der Waals surface area (Å²) in [5, 5.41) is 1.20. The lowest BCUT2D eigenvalue weighted by Gasteiger charge is -2.24. The van der Waals surface area contributed by atoms with E-state index in [9.17, 15) is 9.59 Å². The maximum absolute atomic E-state index is 13.3. The van der Waals surface area contributed by atoms with Gasteiger partial charge in [-0.3, -0.25) is 14.5 Å². The van der Waals surface area contributed by atoms with E-state index in [4.69, 9.17) is 11.6 Å². The van der Waals surface area contributed by atoms with Gasteiger partial charge in [0.1, 0.15) is 5.52 Å². The smallest absolute Gasteiger partial charge is 0.260 e. The maximum Gasteiger partial charge on any atom is 0.260 e. The Bertz CT molecular complexity index is 1020. The van der Waals surface area contributed by atoms with Crippen molar-refractivity contribution in [2.45, 2.75) is 20.8 Å². The van der Waals surface area contributed by atoms with Crippen LogP contribution < -0.4 is 4.90 Å². The van der Waals surface area contributed by atoms with Crippen LogP contribution in [-0.4, -0.2) is 47.8 Å². The summed E-state index contributed by atoms with van der Waals surface area (Å²) in [5.41, 5.74) is 1.82. The molecule has 0 fully saturated rings. The molecule has 2 aromatic carbocycles. The van der Waals surface area contributed by atoms with Gasteiger partial charge in [-0.1, -0.05) is 55.0 Å². The van der Waals surface area contributed by atoms with Crippen LogP contribution in [0.15, 0.2) is 42.5 Å². The van der Waals surface area contributed by atoms with Gasteiger partial charge in [-0.15, -0.1) is 12.4 Å². The molecule has 3 aromatic rings. The Morgan fingerprint density at radius 3 is 2.20 bits per heavy atom. The summed E-state index contributed by atoms with van der Waals surface area (Å²) >= 11 is 7.75. The number of carbonyl (C=O) groups is 2. The number of benzene rings is 2. The Hall–Kier alpha value is -1.99. The molecule has 8 heteroatoms. The number of hydrogen-bond donors (Lipinski definition) is 0. The molecule has 0 saturated heterocycles. The molecule has 5 nitrogen and oxygen atoms in total. The molecule has 1 aromatic heterocycles. The van der Waals surface area contributed by atoms with E-state index >= 15 is 0 Å². The van der Waals surface area contributed by atoms with E-state index in [1.54, 1.807) is 35.2 Å². The molecule has 160 valence electrons. The minimum Gasteiger partial charge on any atom is -0.302 e. The highest BCUT2D eigenvalue weighted by atomic mass is 35.5. The number of thiazole rings is 1. The predicted molar refractivity (Wildman–Crippen MR) is 128 cm³/mol. The van der Waals surface area contributed by atoms with Crippen LogP contribution in [0.1, 0.15) is 41.5 Å². The summed E-state index contributed by atoms with van der Waals surface area (Å²) in [7, 11) is 0. The minimum absolute atomic E-state index is 0. The minimum atomic E-state index is -0.137. The average molecular weight is 466 g/mol. The number of amides is 1. The van der Waals surface area contributed by atoms with E-state index in [0.717, 1.165) is 24.3 Å². The number of likely N-dealkylation sites (N-methyl/N-ethyl adjacent to an activating group) is 1. The highest BCUT2D eigenvalue weighted by Gasteiger charge is 2.22. The van der Waals surface area contributed by atoms with Crippen molar-refractivity contribution < 1.29 is 9.59 Å². The summed E-state index contributed by atoms with van der Waals surface area (Å²) in [5.74, 6) is -0.161. The van der Waals surface area contributed by atoms with Crippen LogP contribution in [0.25, 0.3) is 10.2 Å². The molecular formula is C22H25Cl2N3O2S. The van der Waals surface area contributed by atoms with Crippen molar-refractivity contribution in [2.75, 3.05) is 31.1 Å². The first kappa shape index (κ1) is 24.3. The number of Topliss-reactive ketones (excluding diaryl/α,β-unsaturated/α-hetero) is 1. The van der Waals surface area contributed by atoms with E-state index in [2.05, 4.69) is 23.7 Å². The van der Waals surface area contributed by atoms with Crippen LogP contribution in [-0.2, 0) is 0 Å². The van der Waals surface area contributed by atoms with Gasteiger partial charge in [0, 0.05) is 24.2 Å². The molecule has 0 atom stereocenters. The predicted octanol–water partition coefficient (Wildman–Crippen LogP) is 5.56. The number of halogens is 2. The monoisotopic (exact) mass is 465 g/mol. The van der Waals surface area contributed by atoms with Crippen LogP contribution >= 0.6 is 35.3 Å². The number of carbonyl (C=O) groups excluding carboxylic acids is 2. The average Bonchev–Trinajstić information content (AvgIpc) is 3.16. The maximum atomic E-state index is 13.3. The number of para-hydroxylation sites is 1. The molecule has 1 heterocycles. The molecule has 0 aliphatic heterocycles. The summed E-state index contributed by atoms with van der Waals surface area (Å²) < 4.78 is 0.945. The zero-order chi connectivity index (χ0) is 21.0. The van der Waals surface area contributed by atoms with Crippen LogP contribution in [0.5, 0.6) is 0 Å². The van der Waals surface area contributed by atoms with Crippen LogP contribution in [0.3, 0.4) is 0 Å². The first-order valence-corrected chi connectivity index (χ1v) is 10.8. The molecule has 30 heavy (non-hydrogen) atoms. The van der Waals surface area contributed by atoms with E-state index in [1.807, 2.05) is 12.1 Å². The second-order valence-electron chi connectivity index (χ2n) is 6.70. The van der Waals surface area contributed by atoms with Crippen LogP contribution in [0.4, 0.5) is 5.13 Å². The van der Waals surface area contributed by atoms with Gasteiger partial charge in [0.15, 0.2) is 10.9 Å². The Morgan fingerprint density at radius 1 is 1.00 bits per heavy atom. The third-order valence-corrected chi connectivity index (χ3v) is 6.26. The zero-order valence-corrected chi connectivity index (χ0v) is 19.6. The molecule has 1 amide bonds. The fraction of sp³-hybridized carbons (Fsp3) is 0.318. The van der Waals surface area contributed by atoms with Crippen LogP contribution in [0.2, 0.25) is 5.02 Å². The van der Waals surface area contributed by atoms with Gasteiger partial charge in [-0.2, -0.15) is 0 Å². The number of aromatic nitrogens is 1. The fourth-order valence-electron chi connectivity index (χ4n) is 3.09. The van der Waals surface area contributed by atoms with Crippen molar-refractivity contribution in [3.05, 3.63) is 58.6 Å². The first-order valence-electron chi connectivity index (χ1n) is 9.64. The van der Waals surface area contributed by atoms with E-state index in [1.165, 1.54) is 18.3 Å². The summed E-state index contributed by atoms with van der Waals surface area (Å²) in [6, 6.07) is 12.4. The quantitative estimate of drug-likeness (QED) is 0.408. The second-order valence-corrected chi connectivity index (χ2v) is 8.12. The van der Waals surface area contributed by atoms with Crippen molar-refractivity contribution in [1.82, 2.24) is 9.88 Å². The Balaban J connectivity index is 0.00000320. The van der Waals surface area contributed by atoms with Gasteiger partial charge in [0.25, 0.3) is 5.91 Å². The molecule has 0 saturated carbocycles. The Labute approximate surface area is 192 Å². The largest absolute Gasteiger partial charge is 0.302 e. The lowest BCUT2D eigenvalue weighted by molar-refractivity contribution is 0.0980. The van der Waals surface area contributed by atoms with E-state index < -0.39 is 0 Å². The molecule has 3 rings (SSSR count). The molecule has 0 spiro atoms. The molecule has 0 aliphatic carbocycles. The van der Waals surface area contributed by atoms with Gasteiger partial charge in [-0.05, 0) is 44.3 Å². The Morgan fingerprint density at radius 2 is 1.63 bits per heavy atom. The van der Waals surface area contributed by atoms with Gasteiger partial charge < -0.3 is 4.90 Å². The third kappa shape index (κ3) is 5.38. The summed E-state index contributed by atoms with van der Waals surface area (Å²) in [6.07, 6.45) is 0. The lowest BCUT2D eigenvalue weighted by atomic mass is 10.1. The van der Waals surface area contributed by atoms with E-state index in [-0.39, 0.29) is 24.1 Å². The molecule has 0 radical (unpaired) electrons. The van der Waals surface area contributed by atoms with Gasteiger partial charge in [0.05, 0.1) is 9.72 Å². The molecule has 0 N–H and O–H groups in total. The molecule has 0 unspecified atom stereocenters. The normalized spacial score (nSPS) is 10.8.